The van der Waals surface area contributed by atoms with Gasteiger partial charge in [0.25, 0.3) is 0 Å². The summed E-state index contributed by atoms with van der Waals surface area (Å²) in [7, 11) is 0. The van der Waals surface area contributed by atoms with Crippen LogP contribution in [0.1, 0.15) is 44.2 Å². The molecule has 118 valence electrons. The number of thioether (sulfide) groups is 1. The Morgan fingerprint density at radius 1 is 1.23 bits per heavy atom. The average molecular weight is 317 g/mol. The molecular weight excluding hydrogens is 294 g/mol. The van der Waals surface area contributed by atoms with Crippen molar-refractivity contribution in [2.45, 2.75) is 44.8 Å². The maximum Gasteiger partial charge on any atom is 0.162 e. The van der Waals surface area contributed by atoms with Gasteiger partial charge in [-0.3, -0.25) is 4.57 Å². The van der Waals surface area contributed by atoms with E-state index in [4.69, 9.17) is 9.72 Å². The predicted octanol–water partition coefficient (Wildman–Crippen LogP) is 3.82. The van der Waals surface area contributed by atoms with Gasteiger partial charge in [-0.25, -0.2) is 9.97 Å². The predicted molar refractivity (Wildman–Crippen MR) is 90.1 cm³/mol. The molecule has 2 aliphatic heterocycles. The first-order chi connectivity index (χ1) is 10.9. The van der Waals surface area contributed by atoms with Crippen molar-refractivity contribution >= 4 is 22.9 Å². The number of nitrogens with zero attached hydrogens (tertiary/aromatic N) is 3. The van der Waals surface area contributed by atoms with E-state index in [-0.39, 0.29) is 6.23 Å². The Bertz CT molecular complexity index is 630. The Labute approximate surface area is 135 Å². The number of rotatable bonds is 3. The first kappa shape index (κ1) is 14.5. The first-order valence-electron chi connectivity index (χ1n) is 8.43. The molecule has 2 saturated heterocycles. The Kier molecular flexibility index (Phi) is 4.35. The third kappa shape index (κ3) is 2.88. The minimum Gasteiger partial charge on any atom is -0.358 e. The number of imidazole rings is 1. The highest BCUT2D eigenvalue weighted by molar-refractivity contribution is 7.99. The molecule has 2 aromatic rings. The van der Waals surface area contributed by atoms with E-state index in [1.807, 2.05) is 12.3 Å². The van der Waals surface area contributed by atoms with Crippen LogP contribution in [0.2, 0.25) is 0 Å². The minimum atomic E-state index is 0.126. The summed E-state index contributed by atoms with van der Waals surface area (Å²) in [6.07, 6.45) is 9.17. The monoisotopic (exact) mass is 317 g/mol. The average Bonchev–Trinajstić information content (AvgIpc) is 2.94. The lowest BCUT2D eigenvalue weighted by atomic mass is 9.98. The second-order valence-electron chi connectivity index (χ2n) is 6.33. The van der Waals surface area contributed by atoms with Gasteiger partial charge in [0.05, 0.1) is 0 Å². The molecule has 0 bridgehead atoms. The number of fused-ring (bicyclic) bond motifs is 1. The summed E-state index contributed by atoms with van der Waals surface area (Å²) in [5, 5.41) is 0. The number of aromatic nitrogens is 3. The zero-order chi connectivity index (χ0) is 14.8. The first-order valence-corrected chi connectivity index (χ1v) is 9.58. The zero-order valence-corrected chi connectivity index (χ0v) is 13.7. The summed E-state index contributed by atoms with van der Waals surface area (Å²) in [6, 6.07) is 4.05. The fraction of sp³-hybridized carbons (Fsp3) is 0.647. The van der Waals surface area contributed by atoms with E-state index in [0.29, 0.717) is 0 Å². The van der Waals surface area contributed by atoms with E-state index in [1.54, 1.807) is 0 Å². The van der Waals surface area contributed by atoms with Crippen LogP contribution in [0.3, 0.4) is 0 Å². The Morgan fingerprint density at radius 2 is 2.14 bits per heavy atom. The molecule has 4 nitrogen and oxygen atoms in total. The summed E-state index contributed by atoms with van der Waals surface area (Å²) in [5.74, 6) is 4.53. The summed E-state index contributed by atoms with van der Waals surface area (Å²) < 4.78 is 8.33. The highest BCUT2D eigenvalue weighted by atomic mass is 32.2. The normalized spacial score (nSPS) is 23.9. The molecule has 22 heavy (non-hydrogen) atoms. The summed E-state index contributed by atoms with van der Waals surface area (Å²) in [6.45, 7) is 0.858. The zero-order valence-electron chi connectivity index (χ0n) is 12.9. The van der Waals surface area contributed by atoms with E-state index in [2.05, 4.69) is 27.4 Å². The summed E-state index contributed by atoms with van der Waals surface area (Å²) in [5.41, 5.74) is 2.01. The second-order valence-corrected chi connectivity index (χ2v) is 7.55. The van der Waals surface area contributed by atoms with Gasteiger partial charge in [0.15, 0.2) is 5.65 Å². The largest absolute Gasteiger partial charge is 0.358 e. The maximum absolute atomic E-state index is 6.04. The molecule has 0 amide bonds. The van der Waals surface area contributed by atoms with Gasteiger partial charge in [-0.15, -0.1) is 0 Å². The van der Waals surface area contributed by atoms with Crippen molar-refractivity contribution in [1.82, 2.24) is 14.5 Å². The molecule has 0 radical (unpaired) electrons. The molecule has 4 rings (SSSR count). The SMILES string of the molecule is c1cnc2c(c1)nc(CC1CCSCC1)n2C1CCCCO1. The molecule has 0 aliphatic carbocycles. The molecule has 2 fully saturated rings. The van der Waals surface area contributed by atoms with Gasteiger partial charge in [-0.05, 0) is 61.7 Å². The van der Waals surface area contributed by atoms with Crippen molar-refractivity contribution in [2.75, 3.05) is 18.1 Å². The van der Waals surface area contributed by atoms with E-state index >= 15 is 0 Å². The van der Waals surface area contributed by atoms with Crippen molar-refractivity contribution in [3.8, 4) is 0 Å². The quantitative estimate of drug-likeness (QED) is 0.863. The van der Waals surface area contributed by atoms with Gasteiger partial charge in [0.1, 0.15) is 17.6 Å². The van der Waals surface area contributed by atoms with Gasteiger partial charge in [0.2, 0.25) is 0 Å². The van der Waals surface area contributed by atoms with Crippen LogP contribution in [-0.2, 0) is 11.2 Å². The van der Waals surface area contributed by atoms with Crippen LogP contribution >= 0.6 is 11.8 Å². The topological polar surface area (TPSA) is 39.9 Å². The van der Waals surface area contributed by atoms with Gasteiger partial charge >= 0.3 is 0 Å². The molecule has 1 unspecified atom stereocenters. The fourth-order valence-corrected chi connectivity index (χ4v) is 4.76. The van der Waals surface area contributed by atoms with E-state index < -0.39 is 0 Å². The number of pyridine rings is 1. The lowest BCUT2D eigenvalue weighted by Crippen LogP contribution is -2.22. The lowest BCUT2D eigenvalue weighted by Gasteiger charge is -2.27. The van der Waals surface area contributed by atoms with Crippen molar-refractivity contribution in [3.63, 3.8) is 0 Å². The van der Waals surface area contributed by atoms with Crippen LogP contribution in [-0.4, -0.2) is 32.6 Å². The van der Waals surface area contributed by atoms with Crippen molar-refractivity contribution in [2.24, 2.45) is 5.92 Å². The van der Waals surface area contributed by atoms with Gasteiger partial charge in [-0.1, -0.05) is 0 Å². The number of hydrogen-bond donors (Lipinski definition) is 0. The Balaban J connectivity index is 1.68. The smallest absolute Gasteiger partial charge is 0.162 e. The Hall–Kier alpha value is -1.07. The third-order valence-corrected chi connectivity index (χ3v) is 5.83. The molecule has 1 atom stereocenters. The summed E-state index contributed by atoms with van der Waals surface area (Å²) in [4.78, 5) is 9.48. The molecular formula is C17H23N3OS. The van der Waals surface area contributed by atoms with E-state index in [0.717, 1.165) is 36.5 Å². The molecule has 2 aliphatic rings. The molecule has 0 N–H and O–H groups in total. The fourth-order valence-electron chi connectivity index (χ4n) is 3.56. The van der Waals surface area contributed by atoms with Gasteiger partial charge < -0.3 is 4.74 Å². The highest BCUT2D eigenvalue weighted by Crippen LogP contribution is 2.31. The lowest BCUT2D eigenvalue weighted by molar-refractivity contribution is -0.0316. The van der Waals surface area contributed by atoms with Crippen LogP contribution in [0.4, 0.5) is 0 Å². The summed E-state index contributed by atoms with van der Waals surface area (Å²) >= 11 is 2.08. The third-order valence-electron chi connectivity index (χ3n) is 4.78. The molecule has 0 saturated carbocycles. The Morgan fingerprint density at radius 3 is 2.95 bits per heavy atom. The molecule has 5 heteroatoms. The molecule has 2 aromatic heterocycles. The van der Waals surface area contributed by atoms with E-state index in [1.165, 1.54) is 43.0 Å². The van der Waals surface area contributed by atoms with Crippen molar-refractivity contribution in [3.05, 3.63) is 24.2 Å². The van der Waals surface area contributed by atoms with Crippen LogP contribution in [0.5, 0.6) is 0 Å². The van der Waals surface area contributed by atoms with Crippen LogP contribution < -0.4 is 0 Å². The maximum atomic E-state index is 6.04. The van der Waals surface area contributed by atoms with Crippen molar-refractivity contribution in [1.29, 1.82) is 0 Å². The number of hydrogen-bond acceptors (Lipinski definition) is 4. The minimum absolute atomic E-state index is 0.126. The number of ether oxygens (including phenoxy) is 1. The highest BCUT2D eigenvalue weighted by Gasteiger charge is 2.25. The van der Waals surface area contributed by atoms with Crippen LogP contribution in [0.25, 0.3) is 11.2 Å². The molecule has 0 aromatic carbocycles. The molecule has 0 spiro atoms. The van der Waals surface area contributed by atoms with E-state index in [9.17, 15) is 0 Å². The van der Waals surface area contributed by atoms with Crippen LogP contribution in [0, 0.1) is 5.92 Å². The van der Waals surface area contributed by atoms with Crippen LogP contribution in [0.15, 0.2) is 18.3 Å². The van der Waals surface area contributed by atoms with Gasteiger partial charge in [0, 0.05) is 19.2 Å². The standard InChI is InChI=1S/C17H23N3OS/c1-2-9-21-16(5-1)20-15(12-13-6-10-22-11-7-13)19-14-4-3-8-18-17(14)20/h3-4,8,13,16H,1-2,5-7,9-12H2. The second kappa shape index (κ2) is 6.59. The van der Waals surface area contributed by atoms with Crippen molar-refractivity contribution < 1.29 is 4.74 Å². The van der Waals surface area contributed by atoms with Gasteiger partial charge in [-0.2, -0.15) is 11.8 Å². The molecule has 4 heterocycles.